The van der Waals surface area contributed by atoms with Gasteiger partial charge in [0.2, 0.25) is 5.95 Å². The van der Waals surface area contributed by atoms with Crippen molar-refractivity contribution >= 4 is 5.95 Å². The second-order valence-electron chi connectivity index (χ2n) is 5.12. The van der Waals surface area contributed by atoms with Gasteiger partial charge in [-0.3, -0.25) is 4.98 Å². The molecular weight excluding hydrogens is 278 g/mol. The van der Waals surface area contributed by atoms with Crippen LogP contribution in [-0.2, 0) is 19.5 Å². The fourth-order valence-electron chi connectivity index (χ4n) is 2.60. The molecule has 1 N–H and O–H groups in total. The third kappa shape index (κ3) is 2.41. The normalized spacial score (nSPS) is 13.1. The van der Waals surface area contributed by atoms with Crippen LogP contribution in [0.15, 0.2) is 36.7 Å². The number of hydrogen-bond acceptors (Lipinski definition) is 6. The summed E-state index contributed by atoms with van der Waals surface area (Å²) in [5.41, 5.74) is 1.63. The maximum Gasteiger partial charge on any atom is 0.223 e. The van der Waals surface area contributed by atoms with Crippen LogP contribution in [0.25, 0.3) is 11.4 Å². The highest BCUT2D eigenvalue weighted by Gasteiger charge is 2.17. The molecule has 0 fully saturated rings. The van der Waals surface area contributed by atoms with Crippen LogP contribution in [0.5, 0.6) is 0 Å². The quantitative estimate of drug-likeness (QED) is 0.788. The van der Waals surface area contributed by atoms with Gasteiger partial charge in [0.15, 0.2) is 5.82 Å². The molecule has 0 amide bonds. The van der Waals surface area contributed by atoms with Crippen LogP contribution in [0.4, 0.5) is 5.95 Å². The summed E-state index contributed by atoms with van der Waals surface area (Å²) < 4.78 is 2.16. The van der Waals surface area contributed by atoms with E-state index in [2.05, 4.69) is 35.0 Å². The molecule has 3 aromatic heterocycles. The minimum absolute atomic E-state index is 0.568. The summed E-state index contributed by atoms with van der Waals surface area (Å²) in [6, 6.07) is 7.60. The van der Waals surface area contributed by atoms with Crippen molar-refractivity contribution in [2.24, 2.45) is 0 Å². The van der Waals surface area contributed by atoms with Gasteiger partial charge in [-0.2, -0.15) is 0 Å². The second-order valence-corrected chi connectivity index (χ2v) is 5.12. The maximum atomic E-state index is 4.49. The molecule has 22 heavy (non-hydrogen) atoms. The molecule has 1 aliphatic rings. The van der Waals surface area contributed by atoms with Crippen molar-refractivity contribution < 1.29 is 0 Å². The van der Waals surface area contributed by atoms with Crippen molar-refractivity contribution in [2.45, 2.75) is 25.9 Å². The highest BCUT2D eigenvalue weighted by molar-refractivity contribution is 5.54. The summed E-state index contributed by atoms with van der Waals surface area (Å²) in [6.45, 7) is 1.56. The average Bonchev–Trinajstić information content (AvgIpc) is 3.18. The maximum absolute atomic E-state index is 4.49. The lowest BCUT2D eigenvalue weighted by Crippen LogP contribution is -2.09. The van der Waals surface area contributed by atoms with Crippen LogP contribution >= 0.6 is 0 Å². The highest BCUT2D eigenvalue weighted by atomic mass is 15.3. The third-order valence-corrected chi connectivity index (χ3v) is 3.67. The zero-order valence-corrected chi connectivity index (χ0v) is 12.0. The van der Waals surface area contributed by atoms with Gasteiger partial charge in [0, 0.05) is 25.4 Å². The Labute approximate surface area is 127 Å². The van der Waals surface area contributed by atoms with Gasteiger partial charge in [0.1, 0.15) is 5.82 Å². The zero-order valence-electron chi connectivity index (χ0n) is 12.0. The van der Waals surface area contributed by atoms with Gasteiger partial charge in [-0.1, -0.05) is 6.07 Å². The molecule has 0 aliphatic carbocycles. The van der Waals surface area contributed by atoms with E-state index in [9.17, 15) is 0 Å². The molecule has 0 saturated carbocycles. The first kappa shape index (κ1) is 12.9. The molecule has 0 saturated heterocycles. The van der Waals surface area contributed by atoms with E-state index in [-0.39, 0.29) is 0 Å². The van der Waals surface area contributed by atoms with E-state index in [0.29, 0.717) is 12.5 Å². The second kappa shape index (κ2) is 5.51. The Morgan fingerprint density at radius 2 is 2.05 bits per heavy atom. The zero-order chi connectivity index (χ0) is 14.8. The van der Waals surface area contributed by atoms with E-state index in [1.54, 1.807) is 12.4 Å². The number of nitrogens with one attached hydrogen (secondary N) is 1. The molecule has 7 heteroatoms. The lowest BCUT2D eigenvalue weighted by atomic mass is 10.3. The van der Waals surface area contributed by atoms with Gasteiger partial charge >= 0.3 is 0 Å². The molecule has 0 spiro atoms. The molecule has 0 unspecified atom stereocenters. The van der Waals surface area contributed by atoms with Crippen LogP contribution in [-0.4, -0.2) is 29.7 Å². The van der Waals surface area contributed by atoms with Crippen molar-refractivity contribution in [1.82, 2.24) is 29.7 Å². The summed E-state index contributed by atoms with van der Waals surface area (Å²) in [4.78, 5) is 13.0. The number of pyridine rings is 1. The Balaban J connectivity index is 1.51. The minimum Gasteiger partial charge on any atom is -0.347 e. The predicted octanol–water partition coefficient (Wildman–Crippen LogP) is 1.69. The van der Waals surface area contributed by atoms with E-state index in [1.165, 1.54) is 0 Å². The number of hydrogen-bond donors (Lipinski definition) is 1. The van der Waals surface area contributed by atoms with Crippen LogP contribution in [0, 0.1) is 0 Å². The molecule has 0 bridgehead atoms. The molecule has 3 aromatic rings. The van der Waals surface area contributed by atoms with Gasteiger partial charge in [0.05, 0.1) is 17.9 Å². The van der Waals surface area contributed by atoms with Crippen molar-refractivity contribution in [3.8, 4) is 11.4 Å². The van der Waals surface area contributed by atoms with Crippen LogP contribution in [0.3, 0.4) is 0 Å². The van der Waals surface area contributed by atoms with Crippen molar-refractivity contribution in [3.05, 3.63) is 48.3 Å². The fraction of sp³-hybridized carbons (Fsp3) is 0.267. The summed E-state index contributed by atoms with van der Waals surface area (Å²) in [5, 5.41) is 11.6. The van der Waals surface area contributed by atoms with Gasteiger partial charge in [-0.15, -0.1) is 10.2 Å². The lowest BCUT2D eigenvalue weighted by Gasteiger charge is -2.06. The predicted molar refractivity (Wildman–Crippen MR) is 80.9 cm³/mol. The van der Waals surface area contributed by atoms with Gasteiger partial charge in [-0.25, -0.2) is 9.97 Å². The summed E-state index contributed by atoms with van der Waals surface area (Å²) in [7, 11) is 0. The van der Waals surface area contributed by atoms with Crippen molar-refractivity contribution in [1.29, 1.82) is 0 Å². The number of aryl methyl sites for hydroxylation is 1. The number of rotatable bonds is 4. The van der Waals surface area contributed by atoms with Crippen molar-refractivity contribution in [2.75, 3.05) is 5.32 Å². The Bertz CT molecular complexity index is 782. The molecule has 1 aliphatic heterocycles. The minimum atomic E-state index is 0.568. The largest absolute Gasteiger partial charge is 0.347 e. The van der Waals surface area contributed by atoms with Crippen LogP contribution < -0.4 is 5.32 Å². The third-order valence-electron chi connectivity index (χ3n) is 3.67. The monoisotopic (exact) mass is 293 g/mol. The van der Waals surface area contributed by atoms with Gasteiger partial charge in [-0.05, 0) is 24.6 Å². The lowest BCUT2D eigenvalue weighted by molar-refractivity contribution is 0.694. The van der Waals surface area contributed by atoms with Crippen molar-refractivity contribution in [3.63, 3.8) is 0 Å². The Morgan fingerprint density at radius 1 is 1.05 bits per heavy atom. The van der Waals surface area contributed by atoms with E-state index in [0.717, 1.165) is 42.4 Å². The number of aromatic nitrogens is 6. The fourth-order valence-corrected chi connectivity index (χ4v) is 2.60. The molecule has 0 atom stereocenters. The van der Waals surface area contributed by atoms with Gasteiger partial charge in [0.25, 0.3) is 0 Å². The van der Waals surface area contributed by atoms with E-state index >= 15 is 0 Å². The number of nitrogens with zero attached hydrogens (tertiary/aromatic N) is 6. The van der Waals surface area contributed by atoms with E-state index in [4.69, 9.17) is 0 Å². The summed E-state index contributed by atoms with van der Waals surface area (Å²) >= 11 is 0. The van der Waals surface area contributed by atoms with E-state index < -0.39 is 0 Å². The van der Waals surface area contributed by atoms with Gasteiger partial charge < -0.3 is 9.88 Å². The Kier molecular flexibility index (Phi) is 3.23. The highest BCUT2D eigenvalue weighted by Crippen LogP contribution is 2.16. The molecule has 7 nitrogen and oxygen atoms in total. The SMILES string of the molecule is c1ccc(-c2ccnc(NCc3nnc4n3CCC4)n2)nc1. The molecule has 4 heterocycles. The molecular formula is C15H15N7. The standard InChI is InChI=1S/C15H15N7/c1-2-7-16-11(4-1)12-6-8-17-15(19-12)18-10-14-21-20-13-5-3-9-22(13)14/h1-2,4,6-8H,3,5,9-10H2,(H,17,18,19). The Morgan fingerprint density at radius 3 is 2.95 bits per heavy atom. The first-order valence-corrected chi connectivity index (χ1v) is 7.29. The topological polar surface area (TPSA) is 81.4 Å². The number of anilines is 1. The average molecular weight is 293 g/mol. The number of fused-ring (bicyclic) bond motifs is 1. The molecule has 0 aromatic carbocycles. The summed E-state index contributed by atoms with van der Waals surface area (Å²) in [5.74, 6) is 2.57. The first-order valence-electron chi connectivity index (χ1n) is 7.29. The molecule has 4 rings (SSSR count). The smallest absolute Gasteiger partial charge is 0.223 e. The van der Waals surface area contributed by atoms with Crippen LogP contribution in [0.1, 0.15) is 18.1 Å². The molecule has 110 valence electrons. The van der Waals surface area contributed by atoms with Crippen LogP contribution in [0.2, 0.25) is 0 Å². The van der Waals surface area contributed by atoms with E-state index in [1.807, 2.05) is 24.3 Å². The molecule has 0 radical (unpaired) electrons. The Hall–Kier alpha value is -2.83. The first-order chi connectivity index (χ1) is 10.9. The summed E-state index contributed by atoms with van der Waals surface area (Å²) in [6.07, 6.45) is 5.64.